The molecule has 0 bridgehead atoms. The summed E-state index contributed by atoms with van der Waals surface area (Å²) in [7, 11) is 0. The molecule has 0 aliphatic carbocycles. The standard InChI is InChI=1S/C18H27N3O3/c1-2-24-18(22)15-3-4-17(19-11-15)20-16-5-8-21(9-6-16)12-14-7-10-23-13-14/h3-4,11,14,16H,2,5-10,12-13H2,1H3,(H,19,20). The van der Waals surface area contributed by atoms with Crippen molar-refractivity contribution >= 4 is 11.8 Å². The van der Waals surface area contributed by atoms with Crippen LogP contribution in [-0.2, 0) is 9.47 Å². The zero-order chi connectivity index (χ0) is 16.8. The van der Waals surface area contributed by atoms with Crippen molar-refractivity contribution in [1.29, 1.82) is 0 Å². The predicted octanol–water partition coefficient (Wildman–Crippen LogP) is 2.17. The number of nitrogens with one attached hydrogen (secondary N) is 1. The average molecular weight is 333 g/mol. The molecule has 2 saturated heterocycles. The minimum Gasteiger partial charge on any atom is -0.462 e. The number of ether oxygens (including phenoxy) is 2. The molecule has 0 amide bonds. The van der Waals surface area contributed by atoms with Crippen LogP contribution in [0, 0.1) is 5.92 Å². The van der Waals surface area contributed by atoms with Crippen LogP contribution >= 0.6 is 0 Å². The molecule has 3 rings (SSSR count). The second kappa shape index (κ2) is 8.44. The van der Waals surface area contributed by atoms with Crippen molar-refractivity contribution in [3.05, 3.63) is 23.9 Å². The first kappa shape index (κ1) is 17.2. The molecule has 0 saturated carbocycles. The SMILES string of the molecule is CCOC(=O)c1ccc(NC2CCN(CC3CCOC3)CC2)nc1. The Kier molecular flexibility index (Phi) is 6.04. The lowest BCUT2D eigenvalue weighted by molar-refractivity contribution is 0.0526. The van der Waals surface area contributed by atoms with Crippen LogP contribution < -0.4 is 5.32 Å². The van der Waals surface area contributed by atoms with Gasteiger partial charge in [-0.3, -0.25) is 0 Å². The number of pyridine rings is 1. The highest BCUT2D eigenvalue weighted by molar-refractivity contribution is 5.89. The molecule has 0 aromatic carbocycles. The van der Waals surface area contributed by atoms with Gasteiger partial charge in [-0.05, 0) is 44.2 Å². The molecule has 6 nitrogen and oxygen atoms in total. The molecule has 1 N–H and O–H groups in total. The lowest BCUT2D eigenvalue weighted by atomic mass is 10.0. The van der Waals surface area contributed by atoms with Gasteiger partial charge in [-0.2, -0.15) is 0 Å². The van der Waals surface area contributed by atoms with Crippen molar-refractivity contribution in [2.75, 3.05) is 44.8 Å². The van der Waals surface area contributed by atoms with Crippen molar-refractivity contribution in [1.82, 2.24) is 9.88 Å². The molecular formula is C18H27N3O3. The van der Waals surface area contributed by atoms with Crippen LogP contribution in [0.4, 0.5) is 5.82 Å². The van der Waals surface area contributed by atoms with Crippen molar-refractivity contribution in [3.8, 4) is 0 Å². The molecule has 1 atom stereocenters. The van der Waals surface area contributed by atoms with Gasteiger partial charge in [0.1, 0.15) is 5.82 Å². The summed E-state index contributed by atoms with van der Waals surface area (Å²) in [6.07, 6.45) is 5.02. The summed E-state index contributed by atoms with van der Waals surface area (Å²) in [6, 6.07) is 4.07. The number of hydrogen-bond donors (Lipinski definition) is 1. The molecule has 1 aromatic rings. The second-order valence-corrected chi connectivity index (χ2v) is 6.60. The minimum atomic E-state index is -0.319. The number of carbonyl (C=O) groups is 1. The number of hydrogen-bond acceptors (Lipinski definition) is 6. The summed E-state index contributed by atoms with van der Waals surface area (Å²) in [5, 5.41) is 3.48. The Morgan fingerprint density at radius 2 is 2.21 bits per heavy atom. The van der Waals surface area contributed by atoms with E-state index in [1.54, 1.807) is 19.2 Å². The predicted molar refractivity (Wildman–Crippen MR) is 92.2 cm³/mol. The van der Waals surface area contributed by atoms with E-state index < -0.39 is 0 Å². The van der Waals surface area contributed by atoms with E-state index >= 15 is 0 Å². The number of anilines is 1. The fraction of sp³-hybridized carbons (Fsp3) is 0.667. The van der Waals surface area contributed by atoms with Crippen LogP contribution in [0.3, 0.4) is 0 Å². The second-order valence-electron chi connectivity index (χ2n) is 6.60. The molecule has 2 aliphatic rings. The molecule has 3 heterocycles. The third-order valence-electron chi connectivity index (χ3n) is 4.75. The largest absolute Gasteiger partial charge is 0.462 e. The molecule has 1 unspecified atom stereocenters. The molecule has 1 aromatic heterocycles. The summed E-state index contributed by atoms with van der Waals surface area (Å²) < 4.78 is 10.4. The Bertz CT molecular complexity index is 521. The van der Waals surface area contributed by atoms with Crippen LogP contribution in [0.1, 0.15) is 36.5 Å². The summed E-state index contributed by atoms with van der Waals surface area (Å²) >= 11 is 0. The summed E-state index contributed by atoms with van der Waals surface area (Å²) in [4.78, 5) is 18.5. The van der Waals surface area contributed by atoms with E-state index in [0.717, 1.165) is 45.0 Å². The van der Waals surface area contributed by atoms with Crippen molar-refractivity contribution < 1.29 is 14.3 Å². The Balaban J connectivity index is 1.43. The number of aromatic nitrogens is 1. The highest BCUT2D eigenvalue weighted by atomic mass is 16.5. The molecule has 24 heavy (non-hydrogen) atoms. The number of piperidine rings is 1. The van der Waals surface area contributed by atoms with E-state index in [9.17, 15) is 4.79 Å². The maximum absolute atomic E-state index is 11.6. The third kappa shape index (κ3) is 4.68. The summed E-state index contributed by atoms with van der Waals surface area (Å²) in [6.45, 7) is 7.44. The van der Waals surface area contributed by atoms with Crippen LogP contribution in [0.15, 0.2) is 18.3 Å². The quantitative estimate of drug-likeness (QED) is 0.805. The normalized spacial score (nSPS) is 22.5. The first-order valence-corrected chi connectivity index (χ1v) is 8.94. The maximum Gasteiger partial charge on any atom is 0.339 e. The monoisotopic (exact) mass is 333 g/mol. The Hall–Kier alpha value is -1.66. The van der Waals surface area contributed by atoms with E-state index in [4.69, 9.17) is 9.47 Å². The Labute approximate surface area is 143 Å². The van der Waals surface area contributed by atoms with Crippen molar-refractivity contribution in [2.24, 2.45) is 5.92 Å². The van der Waals surface area contributed by atoms with E-state index in [1.807, 2.05) is 6.07 Å². The van der Waals surface area contributed by atoms with Gasteiger partial charge in [0.05, 0.1) is 18.8 Å². The molecule has 0 radical (unpaired) electrons. The van der Waals surface area contributed by atoms with Gasteiger partial charge in [0.15, 0.2) is 0 Å². The third-order valence-corrected chi connectivity index (χ3v) is 4.75. The van der Waals surface area contributed by atoms with Gasteiger partial charge in [-0.15, -0.1) is 0 Å². The van der Waals surface area contributed by atoms with E-state index in [-0.39, 0.29) is 5.97 Å². The zero-order valence-corrected chi connectivity index (χ0v) is 14.4. The fourth-order valence-corrected chi connectivity index (χ4v) is 3.38. The van der Waals surface area contributed by atoms with Gasteiger partial charge in [0, 0.05) is 38.5 Å². The van der Waals surface area contributed by atoms with Gasteiger partial charge >= 0.3 is 5.97 Å². The van der Waals surface area contributed by atoms with Crippen LogP contribution in [0.5, 0.6) is 0 Å². The maximum atomic E-state index is 11.6. The molecule has 6 heteroatoms. The zero-order valence-electron chi connectivity index (χ0n) is 14.4. The molecule has 132 valence electrons. The van der Waals surface area contributed by atoms with Crippen LogP contribution in [-0.4, -0.2) is 61.3 Å². The van der Waals surface area contributed by atoms with Gasteiger partial charge in [-0.1, -0.05) is 0 Å². The highest BCUT2D eigenvalue weighted by Gasteiger charge is 2.23. The lowest BCUT2D eigenvalue weighted by Gasteiger charge is -2.33. The molecule has 0 spiro atoms. The van der Waals surface area contributed by atoms with Crippen molar-refractivity contribution in [3.63, 3.8) is 0 Å². The Morgan fingerprint density at radius 1 is 1.38 bits per heavy atom. The highest BCUT2D eigenvalue weighted by Crippen LogP contribution is 2.19. The average Bonchev–Trinajstić information content (AvgIpc) is 3.10. The van der Waals surface area contributed by atoms with E-state index in [0.29, 0.717) is 24.1 Å². The van der Waals surface area contributed by atoms with Gasteiger partial charge < -0.3 is 19.7 Å². The number of rotatable bonds is 6. The van der Waals surface area contributed by atoms with Crippen molar-refractivity contribution in [2.45, 2.75) is 32.2 Å². The van der Waals surface area contributed by atoms with Crippen LogP contribution in [0.25, 0.3) is 0 Å². The number of likely N-dealkylation sites (tertiary alicyclic amines) is 1. The van der Waals surface area contributed by atoms with Gasteiger partial charge in [-0.25, -0.2) is 9.78 Å². The number of nitrogens with zero attached hydrogens (tertiary/aromatic N) is 2. The van der Waals surface area contributed by atoms with E-state index in [2.05, 4.69) is 15.2 Å². The van der Waals surface area contributed by atoms with Gasteiger partial charge in [0.25, 0.3) is 0 Å². The Morgan fingerprint density at radius 3 is 2.83 bits per heavy atom. The minimum absolute atomic E-state index is 0.319. The van der Waals surface area contributed by atoms with Gasteiger partial charge in [0.2, 0.25) is 0 Å². The fourth-order valence-electron chi connectivity index (χ4n) is 3.38. The summed E-state index contributed by atoms with van der Waals surface area (Å²) in [5.74, 6) is 1.22. The molecule has 2 fully saturated rings. The lowest BCUT2D eigenvalue weighted by Crippen LogP contribution is -2.41. The number of esters is 1. The van der Waals surface area contributed by atoms with Crippen LogP contribution in [0.2, 0.25) is 0 Å². The smallest absolute Gasteiger partial charge is 0.339 e. The molecular weight excluding hydrogens is 306 g/mol. The first-order chi connectivity index (χ1) is 11.7. The van der Waals surface area contributed by atoms with E-state index in [1.165, 1.54) is 13.0 Å². The summed E-state index contributed by atoms with van der Waals surface area (Å²) in [5.41, 5.74) is 0.496. The first-order valence-electron chi connectivity index (χ1n) is 8.94. The molecule has 2 aliphatic heterocycles. The number of carbonyl (C=O) groups excluding carboxylic acids is 1. The topological polar surface area (TPSA) is 63.7 Å².